The molecule has 0 rings (SSSR count). The van der Waals surface area contributed by atoms with Crippen molar-refractivity contribution in [3.63, 3.8) is 0 Å². The van der Waals surface area contributed by atoms with Crippen LogP contribution in [-0.2, 0) is 4.79 Å². The normalized spacial score (nSPS) is 13.8. The second kappa shape index (κ2) is 52.0. The lowest BCUT2D eigenvalue weighted by Gasteiger charge is -2.27. The number of aliphatic hydroxyl groups excluding tert-OH is 4. The van der Waals surface area contributed by atoms with Gasteiger partial charge in [0.05, 0.1) is 18.8 Å². The fourth-order valence-corrected chi connectivity index (χ4v) is 9.23. The largest absolute Gasteiger partial charge is 0.394 e. The first-order valence-corrected chi connectivity index (χ1v) is 28.6. The van der Waals surface area contributed by atoms with Crippen molar-refractivity contribution in [1.82, 2.24) is 5.32 Å². The molecule has 63 heavy (non-hydrogen) atoms. The monoisotopic (exact) mass is 892 g/mol. The molecule has 5 N–H and O–H groups in total. The van der Waals surface area contributed by atoms with Gasteiger partial charge in [0.2, 0.25) is 5.91 Å². The van der Waals surface area contributed by atoms with Crippen LogP contribution >= 0.6 is 0 Å². The van der Waals surface area contributed by atoms with Gasteiger partial charge in [-0.15, -0.1) is 0 Å². The van der Waals surface area contributed by atoms with E-state index in [2.05, 4.69) is 31.3 Å². The maximum Gasteiger partial charge on any atom is 0.249 e. The Balaban J connectivity index is 3.63. The number of rotatable bonds is 53. The quantitative estimate of drug-likeness (QED) is 0.0309. The van der Waals surface area contributed by atoms with E-state index >= 15 is 0 Å². The van der Waals surface area contributed by atoms with E-state index in [0.29, 0.717) is 12.8 Å². The summed E-state index contributed by atoms with van der Waals surface area (Å²) in [4.78, 5) is 12.6. The zero-order chi connectivity index (χ0) is 45.9. The molecule has 0 aromatic rings. The summed E-state index contributed by atoms with van der Waals surface area (Å²) in [6.45, 7) is 4.09. The molecule has 0 heterocycles. The number of amides is 1. The molecule has 1 amide bonds. The third-order valence-electron chi connectivity index (χ3n) is 13.7. The van der Waals surface area contributed by atoms with E-state index in [4.69, 9.17) is 0 Å². The van der Waals surface area contributed by atoms with Crippen LogP contribution in [0.15, 0.2) is 12.2 Å². The van der Waals surface area contributed by atoms with Crippen LogP contribution in [0.1, 0.15) is 316 Å². The van der Waals surface area contributed by atoms with Crippen molar-refractivity contribution < 1.29 is 25.2 Å². The number of carbonyl (C=O) groups excluding carboxylic acids is 1. The second-order valence-corrected chi connectivity index (χ2v) is 20.0. The summed E-state index contributed by atoms with van der Waals surface area (Å²) in [6.07, 6.45) is 61.4. The summed E-state index contributed by atoms with van der Waals surface area (Å²) in [5.41, 5.74) is 0. The minimum absolute atomic E-state index is 0.369. The molecule has 0 aliphatic carbocycles. The van der Waals surface area contributed by atoms with Gasteiger partial charge in [0.1, 0.15) is 12.2 Å². The predicted molar refractivity (Wildman–Crippen MR) is 275 cm³/mol. The summed E-state index contributed by atoms with van der Waals surface area (Å²) in [5, 5.41) is 44.0. The van der Waals surface area contributed by atoms with Crippen LogP contribution < -0.4 is 5.32 Å². The van der Waals surface area contributed by atoms with Crippen molar-refractivity contribution in [2.24, 2.45) is 0 Å². The summed E-state index contributed by atoms with van der Waals surface area (Å²) in [5.74, 6) is -0.586. The molecule has 0 bridgehead atoms. The highest BCUT2D eigenvalue weighted by molar-refractivity contribution is 5.80. The molecule has 6 heteroatoms. The average molecular weight is 893 g/mol. The van der Waals surface area contributed by atoms with Gasteiger partial charge in [-0.3, -0.25) is 4.79 Å². The Labute approximate surface area is 393 Å². The smallest absolute Gasteiger partial charge is 0.249 e. The van der Waals surface area contributed by atoms with Crippen LogP contribution in [0.2, 0.25) is 0 Å². The summed E-state index contributed by atoms with van der Waals surface area (Å²) < 4.78 is 0. The molecule has 4 atom stereocenters. The van der Waals surface area contributed by atoms with Crippen molar-refractivity contribution in [3.8, 4) is 0 Å². The highest BCUT2D eigenvalue weighted by Crippen LogP contribution is 2.18. The highest BCUT2D eigenvalue weighted by atomic mass is 16.3. The molecule has 4 unspecified atom stereocenters. The SMILES string of the molecule is CCCCCCCCCCCCCCCCCCCCCC/C=C/CCCC(O)C(O)C(CO)NC(=O)C(O)CCCCCCCCCCCCCCCCCCCCCCCC. The Morgan fingerprint density at radius 1 is 0.381 bits per heavy atom. The zero-order valence-electron chi connectivity index (χ0n) is 42.6. The molecule has 0 fully saturated rings. The van der Waals surface area contributed by atoms with E-state index in [0.717, 1.165) is 38.5 Å². The summed E-state index contributed by atoms with van der Waals surface area (Å²) in [6, 6.07) is -0.999. The van der Waals surface area contributed by atoms with E-state index in [1.807, 2.05) is 0 Å². The molecular weight excluding hydrogens is 779 g/mol. The van der Waals surface area contributed by atoms with Crippen LogP contribution in [0, 0.1) is 0 Å². The topological polar surface area (TPSA) is 110 Å². The first kappa shape index (κ1) is 62.1. The molecule has 6 nitrogen and oxygen atoms in total. The molecule has 0 aliphatic heterocycles. The number of hydrogen-bond acceptors (Lipinski definition) is 5. The minimum Gasteiger partial charge on any atom is -0.394 e. The van der Waals surface area contributed by atoms with Gasteiger partial charge in [0.15, 0.2) is 0 Å². The van der Waals surface area contributed by atoms with Crippen molar-refractivity contribution in [3.05, 3.63) is 12.2 Å². The molecular formula is C57H113NO5. The fourth-order valence-electron chi connectivity index (χ4n) is 9.23. The first-order valence-electron chi connectivity index (χ1n) is 28.6. The lowest BCUT2D eigenvalue weighted by molar-refractivity contribution is -0.132. The Morgan fingerprint density at radius 3 is 0.952 bits per heavy atom. The van der Waals surface area contributed by atoms with Crippen LogP contribution in [0.3, 0.4) is 0 Å². The van der Waals surface area contributed by atoms with Crippen LogP contribution in [-0.4, -0.2) is 57.3 Å². The van der Waals surface area contributed by atoms with Crippen molar-refractivity contribution in [2.45, 2.75) is 340 Å². The molecule has 0 saturated heterocycles. The maximum atomic E-state index is 12.6. The van der Waals surface area contributed by atoms with E-state index < -0.39 is 36.9 Å². The van der Waals surface area contributed by atoms with Crippen molar-refractivity contribution in [2.75, 3.05) is 6.61 Å². The molecule has 0 aromatic carbocycles. The Kier molecular flexibility index (Phi) is 51.2. The third kappa shape index (κ3) is 46.0. The van der Waals surface area contributed by atoms with E-state index in [1.54, 1.807) is 0 Å². The standard InChI is InChI=1S/C57H113NO5/c1-3-5-7-9-11-13-15-17-19-21-23-25-27-28-29-31-32-34-36-38-40-42-44-46-48-50-54(60)56(62)53(52-59)58-57(63)55(61)51-49-47-45-43-41-39-37-35-33-30-26-24-22-20-18-16-14-12-10-8-6-4-2/h42,44,53-56,59-62H,3-41,43,45-52H2,1-2H3,(H,58,63)/b44-42+. The van der Waals surface area contributed by atoms with E-state index in [1.165, 1.54) is 250 Å². The van der Waals surface area contributed by atoms with Gasteiger partial charge in [-0.2, -0.15) is 0 Å². The number of carbonyl (C=O) groups is 1. The molecule has 0 aliphatic rings. The predicted octanol–water partition coefficient (Wildman–Crippen LogP) is 16.5. The number of allylic oxidation sites excluding steroid dienone is 2. The number of aliphatic hydroxyl groups is 4. The van der Waals surface area contributed by atoms with Crippen LogP contribution in [0.25, 0.3) is 0 Å². The van der Waals surface area contributed by atoms with Crippen molar-refractivity contribution >= 4 is 5.91 Å². The lowest BCUT2D eigenvalue weighted by Crippen LogP contribution is -2.53. The van der Waals surface area contributed by atoms with Gasteiger partial charge in [-0.25, -0.2) is 0 Å². The molecule has 0 radical (unpaired) electrons. The highest BCUT2D eigenvalue weighted by Gasteiger charge is 2.28. The molecule has 0 saturated carbocycles. The Bertz CT molecular complexity index is 913. The average Bonchev–Trinajstić information content (AvgIpc) is 3.29. The molecule has 376 valence electrons. The van der Waals surface area contributed by atoms with Crippen LogP contribution in [0.4, 0.5) is 0 Å². The van der Waals surface area contributed by atoms with Gasteiger partial charge in [0.25, 0.3) is 0 Å². The summed E-state index contributed by atoms with van der Waals surface area (Å²) >= 11 is 0. The van der Waals surface area contributed by atoms with E-state index in [-0.39, 0.29) is 0 Å². The van der Waals surface area contributed by atoms with Gasteiger partial charge >= 0.3 is 0 Å². The molecule has 0 aromatic heterocycles. The van der Waals surface area contributed by atoms with Gasteiger partial charge in [0, 0.05) is 0 Å². The number of nitrogens with one attached hydrogen (secondary N) is 1. The van der Waals surface area contributed by atoms with E-state index in [9.17, 15) is 25.2 Å². The van der Waals surface area contributed by atoms with Crippen LogP contribution in [0.5, 0.6) is 0 Å². The minimum atomic E-state index is -1.28. The Hall–Kier alpha value is -0.950. The second-order valence-electron chi connectivity index (χ2n) is 20.0. The summed E-state index contributed by atoms with van der Waals surface area (Å²) in [7, 11) is 0. The number of unbranched alkanes of at least 4 members (excludes halogenated alkanes) is 42. The Morgan fingerprint density at radius 2 is 0.651 bits per heavy atom. The zero-order valence-corrected chi connectivity index (χ0v) is 42.6. The van der Waals surface area contributed by atoms with Gasteiger partial charge in [-0.05, 0) is 38.5 Å². The van der Waals surface area contributed by atoms with Crippen molar-refractivity contribution in [1.29, 1.82) is 0 Å². The first-order chi connectivity index (χ1) is 31.0. The van der Waals surface area contributed by atoms with Gasteiger partial charge in [-0.1, -0.05) is 289 Å². The molecule has 0 spiro atoms. The van der Waals surface area contributed by atoms with Gasteiger partial charge < -0.3 is 25.7 Å². The third-order valence-corrected chi connectivity index (χ3v) is 13.7. The fraction of sp³-hybridized carbons (Fsp3) is 0.947. The lowest BCUT2D eigenvalue weighted by atomic mass is 10.00. The maximum absolute atomic E-state index is 12.6. The number of hydrogen-bond donors (Lipinski definition) is 5.